The monoisotopic (exact) mass is 178 g/mol. The Hall–Kier alpha value is -0.490. The largest absolute Gasteiger partial charge is 0.0843 e. The van der Waals surface area contributed by atoms with Crippen molar-refractivity contribution in [1.82, 2.24) is 0 Å². The second-order valence-corrected chi connectivity index (χ2v) is 4.42. The van der Waals surface area contributed by atoms with Gasteiger partial charge in [-0.25, -0.2) is 0 Å². The van der Waals surface area contributed by atoms with E-state index in [4.69, 9.17) is 11.6 Å². The third kappa shape index (κ3) is 0.791. The summed E-state index contributed by atoms with van der Waals surface area (Å²) < 4.78 is 0. The molecule has 0 N–H and O–H groups in total. The predicted molar refractivity (Wildman–Crippen MR) is 50.8 cm³/mol. The fraction of sp³-hybridized carbons (Fsp3) is 0.455. The van der Waals surface area contributed by atoms with Crippen LogP contribution < -0.4 is 0 Å². The Balaban J connectivity index is 2.20. The van der Waals surface area contributed by atoms with Gasteiger partial charge in [0.05, 0.1) is 0 Å². The second-order valence-electron chi connectivity index (χ2n) is 3.98. The van der Waals surface area contributed by atoms with E-state index in [1.165, 1.54) is 19.3 Å². The van der Waals surface area contributed by atoms with Crippen LogP contribution in [-0.4, -0.2) is 0 Å². The van der Waals surface area contributed by atoms with E-state index in [0.29, 0.717) is 0 Å². The summed E-state index contributed by atoms with van der Waals surface area (Å²) in [5.74, 6) is 1.70. The zero-order valence-corrected chi connectivity index (χ0v) is 7.64. The van der Waals surface area contributed by atoms with Crippen LogP contribution in [-0.2, 0) is 0 Å². The van der Waals surface area contributed by atoms with Crippen LogP contribution in [0.5, 0.6) is 0 Å². The van der Waals surface area contributed by atoms with E-state index < -0.39 is 0 Å². The van der Waals surface area contributed by atoms with Gasteiger partial charge in [0, 0.05) is 5.02 Å². The van der Waals surface area contributed by atoms with E-state index in [1.807, 2.05) is 6.07 Å². The van der Waals surface area contributed by atoms with Crippen LogP contribution >= 0.6 is 11.6 Å². The highest BCUT2D eigenvalue weighted by atomic mass is 35.5. The summed E-state index contributed by atoms with van der Waals surface area (Å²) in [6.07, 6.45) is 4.17. The maximum atomic E-state index is 5.96. The summed E-state index contributed by atoms with van der Waals surface area (Å²) in [6, 6.07) is 6.42. The highest BCUT2D eigenvalue weighted by Gasteiger charge is 2.36. The highest BCUT2D eigenvalue weighted by molar-refractivity contribution is 6.30. The molecule has 1 heteroatoms. The first kappa shape index (κ1) is 6.97. The van der Waals surface area contributed by atoms with Gasteiger partial charge in [-0.1, -0.05) is 17.7 Å². The van der Waals surface area contributed by atoms with Crippen LogP contribution in [0.15, 0.2) is 18.2 Å². The van der Waals surface area contributed by atoms with Crippen molar-refractivity contribution in [3.8, 4) is 0 Å². The molecular formula is C11H11Cl. The molecule has 0 saturated heterocycles. The summed E-state index contributed by atoms with van der Waals surface area (Å²) in [5.41, 5.74) is 3.12. The minimum absolute atomic E-state index is 0.837. The summed E-state index contributed by atoms with van der Waals surface area (Å²) in [5, 5.41) is 0.904. The third-order valence-corrected chi connectivity index (χ3v) is 3.60. The summed E-state index contributed by atoms with van der Waals surface area (Å²) >= 11 is 5.96. The molecule has 1 aromatic rings. The fourth-order valence-electron chi connectivity index (χ4n) is 2.82. The van der Waals surface area contributed by atoms with Crippen molar-refractivity contribution in [2.45, 2.75) is 31.1 Å². The molecule has 0 radical (unpaired) electrons. The Morgan fingerprint density at radius 2 is 1.83 bits per heavy atom. The number of benzene rings is 1. The van der Waals surface area contributed by atoms with Gasteiger partial charge < -0.3 is 0 Å². The van der Waals surface area contributed by atoms with E-state index in [2.05, 4.69) is 12.1 Å². The Morgan fingerprint density at radius 1 is 1.08 bits per heavy atom. The van der Waals surface area contributed by atoms with Gasteiger partial charge in [0.2, 0.25) is 0 Å². The number of rotatable bonds is 0. The second kappa shape index (κ2) is 2.26. The molecule has 2 bridgehead atoms. The van der Waals surface area contributed by atoms with Crippen molar-refractivity contribution in [3.05, 3.63) is 34.3 Å². The number of hydrogen-bond donors (Lipinski definition) is 0. The van der Waals surface area contributed by atoms with E-state index in [1.54, 1.807) is 11.1 Å². The van der Waals surface area contributed by atoms with Crippen molar-refractivity contribution in [2.75, 3.05) is 0 Å². The van der Waals surface area contributed by atoms with E-state index in [0.717, 1.165) is 16.9 Å². The lowest BCUT2D eigenvalue weighted by Crippen LogP contribution is -1.96. The molecule has 1 saturated carbocycles. The Labute approximate surface area is 77.5 Å². The quantitative estimate of drug-likeness (QED) is 0.568. The first-order chi connectivity index (χ1) is 5.84. The van der Waals surface area contributed by atoms with Crippen LogP contribution in [0.3, 0.4) is 0 Å². The van der Waals surface area contributed by atoms with Gasteiger partial charge >= 0.3 is 0 Å². The maximum absolute atomic E-state index is 5.96. The van der Waals surface area contributed by atoms with Crippen LogP contribution in [0.4, 0.5) is 0 Å². The Bertz CT molecular complexity index is 330. The minimum atomic E-state index is 0.837. The van der Waals surface area contributed by atoms with Gasteiger partial charge in [0.25, 0.3) is 0 Å². The molecule has 0 heterocycles. The smallest absolute Gasteiger partial charge is 0.0409 e. The molecule has 0 aliphatic heterocycles. The summed E-state index contributed by atoms with van der Waals surface area (Å²) in [6.45, 7) is 0. The van der Waals surface area contributed by atoms with Gasteiger partial charge in [-0.05, 0) is 54.4 Å². The molecular weight excluding hydrogens is 168 g/mol. The first-order valence-electron chi connectivity index (χ1n) is 4.64. The standard InChI is InChI=1S/C11H11Cl/c12-9-3-4-10-7-1-2-8(5-7)11(10)6-9/h3-4,6-8H,1-2,5H2. The van der Waals surface area contributed by atoms with Crippen LogP contribution in [0.2, 0.25) is 5.02 Å². The van der Waals surface area contributed by atoms with Gasteiger partial charge in [0.1, 0.15) is 0 Å². The normalized spacial score (nSPS) is 30.8. The molecule has 2 aliphatic rings. The third-order valence-electron chi connectivity index (χ3n) is 3.36. The molecule has 1 aromatic carbocycles. The Kier molecular flexibility index (Phi) is 1.31. The van der Waals surface area contributed by atoms with E-state index in [-0.39, 0.29) is 0 Å². The molecule has 2 aliphatic carbocycles. The van der Waals surface area contributed by atoms with Crippen LogP contribution in [0, 0.1) is 0 Å². The van der Waals surface area contributed by atoms with Crippen LogP contribution in [0.1, 0.15) is 42.2 Å². The lowest BCUT2D eigenvalue weighted by Gasteiger charge is -2.14. The topological polar surface area (TPSA) is 0 Å². The highest BCUT2D eigenvalue weighted by Crippen LogP contribution is 2.53. The molecule has 0 nitrogen and oxygen atoms in total. The predicted octanol–water partition coefficient (Wildman–Crippen LogP) is 3.70. The van der Waals surface area contributed by atoms with Gasteiger partial charge in [-0.2, -0.15) is 0 Å². The average Bonchev–Trinajstić information content (AvgIpc) is 2.63. The molecule has 62 valence electrons. The number of fused-ring (bicyclic) bond motifs is 5. The number of halogens is 1. The van der Waals surface area contributed by atoms with Crippen molar-refractivity contribution < 1.29 is 0 Å². The van der Waals surface area contributed by atoms with Crippen molar-refractivity contribution in [2.24, 2.45) is 0 Å². The molecule has 0 aromatic heterocycles. The van der Waals surface area contributed by atoms with E-state index >= 15 is 0 Å². The molecule has 0 spiro atoms. The Morgan fingerprint density at radius 3 is 2.67 bits per heavy atom. The molecule has 1 fully saturated rings. The lowest BCUT2D eigenvalue weighted by molar-refractivity contribution is 0.717. The first-order valence-corrected chi connectivity index (χ1v) is 5.02. The molecule has 12 heavy (non-hydrogen) atoms. The van der Waals surface area contributed by atoms with Crippen LogP contribution in [0.25, 0.3) is 0 Å². The average molecular weight is 179 g/mol. The SMILES string of the molecule is Clc1ccc2c(c1)C1CCC2C1. The van der Waals surface area contributed by atoms with Crippen molar-refractivity contribution in [3.63, 3.8) is 0 Å². The molecule has 2 unspecified atom stereocenters. The lowest BCUT2D eigenvalue weighted by atomic mass is 9.92. The maximum Gasteiger partial charge on any atom is 0.0409 e. The molecule has 0 amide bonds. The summed E-state index contributed by atoms with van der Waals surface area (Å²) in [4.78, 5) is 0. The zero-order valence-electron chi connectivity index (χ0n) is 6.89. The zero-order chi connectivity index (χ0) is 8.13. The molecule has 3 rings (SSSR count). The van der Waals surface area contributed by atoms with Gasteiger partial charge in [-0.15, -0.1) is 0 Å². The minimum Gasteiger partial charge on any atom is -0.0843 e. The number of hydrogen-bond acceptors (Lipinski definition) is 0. The molecule has 2 atom stereocenters. The van der Waals surface area contributed by atoms with E-state index in [9.17, 15) is 0 Å². The van der Waals surface area contributed by atoms with Gasteiger partial charge in [0.15, 0.2) is 0 Å². The van der Waals surface area contributed by atoms with Crippen molar-refractivity contribution in [1.29, 1.82) is 0 Å². The summed E-state index contributed by atoms with van der Waals surface area (Å²) in [7, 11) is 0. The fourth-order valence-corrected chi connectivity index (χ4v) is 3.00. The van der Waals surface area contributed by atoms with Gasteiger partial charge in [-0.3, -0.25) is 0 Å². The van der Waals surface area contributed by atoms with Crippen molar-refractivity contribution >= 4 is 11.6 Å².